The minimum Gasteiger partial charge on any atom is -0.315 e. The van der Waals surface area contributed by atoms with Crippen LogP contribution in [0.3, 0.4) is 0 Å². The van der Waals surface area contributed by atoms with E-state index in [9.17, 15) is 13.2 Å². The largest absolute Gasteiger partial charge is 0.402 e. The molecule has 2 heterocycles. The molecule has 1 N–H and O–H groups in total. The molecule has 0 amide bonds. The Bertz CT molecular complexity index is 444. The molecule has 1 aliphatic rings. The van der Waals surface area contributed by atoms with Crippen molar-refractivity contribution in [2.24, 2.45) is 13.0 Å². The van der Waals surface area contributed by atoms with Crippen LogP contribution >= 0.6 is 0 Å². The van der Waals surface area contributed by atoms with Crippen molar-refractivity contribution in [2.45, 2.75) is 38.3 Å². The Morgan fingerprint density at radius 1 is 1.42 bits per heavy atom. The number of alkyl halides is 3. The molecule has 0 aliphatic carbocycles. The average Bonchev–Trinajstić information content (AvgIpc) is 2.83. The standard InChI is InChI=1S/C12H19F3N4/c1-8(2)6-9-17-10(19(3)18-9)11(12(13,14)15)4-5-16-7-11/h8,16H,4-7H2,1-3H3. The van der Waals surface area contributed by atoms with Crippen LogP contribution in [0.5, 0.6) is 0 Å². The maximum atomic E-state index is 13.4. The Morgan fingerprint density at radius 3 is 2.58 bits per heavy atom. The number of hydrogen-bond acceptors (Lipinski definition) is 3. The van der Waals surface area contributed by atoms with Crippen molar-refractivity contribution in [3.63, 3.8) is 0 Å². The summed E-state index contributed by atoms with van der Waals surface area (Å²) in [5, 5.41) is 6.93. The van der Waals surface area contributed by atoms with E-state index in [1.54, 1.807) is 0 Å². The third-order valence-electron chi connectivity index (χ3n) is 3.52. The predicted molar refractivity (Wildman–Crippen MR) is 64.8 cm³/mol. The van der Waals surface area contributed by atoms with Crippen molar-refractivity contribution in [3.8, 4) is 0 Å². The van der Waals surface area contributed by atoms with Gasteiger partial charge in [0.2, 0.25) is 0 Å². The minimum absolute atomic E-state index is 0.0180. The number of nitrogens with one attached hydrogen (secondary N) is 1. The number of halogens is 3. The topological polar surface area (TPSA) is 42.7 Å². The smallest absolute Gasteiger partial charge is 0.315 e. The van der Waals surface area contributed by atoms with Crippen molar-refractivity contribution in [1.82, 2.24) is 20.1 Å². The fourth-order valence-electron chi connectivity index (χ4n) is 2.56. The SMILES string of the molecule is CC(C)Cc1nc(C2(C(F)(F)F)CCNC2)n(C)n1. The Labute approximate surface area is 110 Å². The van der Waals surface area contributed by atoms with Gasteiger partial charge in [-0.3, -0.25) is 4.68 Å². The molecule has 1 fully saturated rings. The number of nitrogens with zero attached hydrogens (tertiary/aromatic N) is 3. The van der Waals surface area contributed by atoms with Crippen LogP contribution in [0.15, 0.2) is 0 Å². The van der Waals surface area contributed by atoms with Gasteiger partial charge in [-0.1, -0.05) is 13.8 Å². The predicted octanol–water partition coefficient (Wildman–Crippen LogP) is 1.81. The van der Waals surface area contributed by atoms with Gasteiger partial charge in [-0.05, 0) is 18.9 Å². The van der Waals surface area contributed by atoms with E-state index in [1.165, 1.54) is 11.7 Å². The summed E-state index contributed by atoms with van der Waals surface area (Å²) in [5.74, 6) is 0.836. The van der Waals surface area contributed by atoms with E-state index in [2.05, 4.69) is 15.4 Å². The number of rotatable bonds is 3. The summed E-state index contributed by atoms with van der Waals surface area (Å²) in [6, 6.07) is 0. The highest BCUT2D eigenvalue weighted by Crippen LogP contribution is 2.44. The third-order valence-corrected chi connectivity index (χ3v) is 3.52. The summed E-state index contributed by atoms with van der Waals surface area (Å²) < 4.78 is 41.6. The van der Waals surface area contributed by atoms with E-state index in [1.807, 2.05) is 13.8 Å². The van der Waals surface area contributed by atoms with Crippen LogP contribution in [-0.4, -0.2) is 34.0 Å². The van der Waals surface area contributed by atoms with Gasteiger partial charge in [-0.25, -0.2) is 4.98 Å². The fraction of sp³-hybridized carbons (Fsp3) is 0.833. The molecule has 0 bridgehead atoms. The zero-order valence-corrected chi connectivity index (χ0v) is 11.4. The first kappa shape index (κ1) is 14.3. The minimum atomic E-state index is -4.31. The van der Waals surface area contributed by atoms with Crippen molar-refractivity contribution < 1.29 is 13.2 Å². The van der Waals surface area contributed by atoms with Crippen molar-refractivity contribution in [3.05, 3.63) is 11.6 Å². The molecule has 1 unspecified atom stereocenters. The third kappa shape index (κ3) is 2.48. The van der Waals surface area contributed by atoms with Crippen LogP contribution in [-0.2, 0) is 18.9 Å². The molecule has 2 rings (SSSR count). The Balaban J connectivity index is 2.41. The van der Waals surface area contributed by atoms with Gasteiger partial charge in [-0.2, -0.15) is 18.3 Å². The second-order valence-corrected chi connectivity index (χ2v) is 5.58. The van der Waals surface area contributed by atoms with Gasteiger partial charge in [0.1, 0.15) is 11.2 Å². The van der Waals surface area contributed by atoms with E-state index in [-0.39, 0.29) is 18.8 Å². The van der Waals surface area contributed by atoms with Gasteiger partial charge in [0.05, 0.1) is 0 Å². The van der Waals surface area contributed by atoms with Gasteiger partial charge in [0.25, 0.3) is 0 Å². The molecule has 7 heteroatoms. The van der Waals surface area contributed by atoms with E-state index in [4.69, 9.17) is 0 Å². The maximum absolute atomic E-state index is 13.4. The summed E-state index contributed by atoms with van der Waals surface area (Å²) in [6.45, 7) is 4.22. The number of hydrogen-bond donors (Lipinski definition) is 1. The van der Waals surface area contributed by atoms with Crippen LogP contribution in [0.4, 0.5) is 13.2 Å². The lowest BCUT2D eigenvalue weighted by molar-refractivity contribution is -0.187. The molecule has 1 atom stereocenters. The molecule has 0 spiro atoms. The lowest BCUT2D eigenvalue weighted by atomic mass is 9.85. The van der Waals surface area contributed by atoms with E-state index >= 15 is 0 Å². The molecule has 1 aliphatic heterocycles. The lowest BCUT2D eigenvalue weighted by Gasteiger charge is -2.29. The second-order valence-electron chi connectivity index (χ2n) is 5.58. The van der Waals surface area contributed by atoms with Gasteiger partial charge >= 0.3 is 6.18 Å². The monoisotopic (exact) mass is 276 g/mol. The quantitative estimate of drug-likeness (QED) is 0.915. The summed E-state index contributed by atoms with van der Waals surface area (Å²) in [7, 11) is 1.54. The van der Waals surface area contributed by atoms with Crippen LogP contribution in [0, 0.1) is 5.92 Å². The fourth-order valence-corrected chi connectivity index (χ4v) is 2.56. The highest BCUT2D eigenvalue weighted by Gasteiger charge is 2.60. The number of aromatic nitrogens is 3. The van der Waals surface area contributed by atoms with Crippen molar-refractivity contribution >= 4 is 0 Å². The first-order valence-corrected chi connectivity index (χ1v) is 6.44. The molecule has 108 valence electrons. The molecule has 1 saturated heterocycles. The zero-order valence-electron chi connectivity index (χ0n) is 11.4. The first-order valence-electron chi connectivity index (χ1n) is 6.44. The van der Waals surface area contributed by atoms with Gasteiger partial charge in [0, 0.05) is 20.0 Å². The molecule has 0 radical (unpaired) electrons. The lowest BCUT2D eigenvalue weighted by Crippen LogP contribution is -2.46. The zero-order chi connectivity index (χ0) is 14.3. The molecular formula is C12H19F3N4. The van der Waals surface area contributed by atoms with Gasteiger partial charge < -0.3 is 5.32 Å². The Kier molecular flexibility index (Phi) is 3.59. The second kappa shape index (κ2) is 4.77. The normalized spacial score (nSPS) is 24.4. The number of aryl methyl sites for hydroxylation is 1. The molecule has 0 aromatic carbocycles. The van der Waals surface area contributed by atoms with Crippen molar-refractivity contribution in [1.29, 1.82) is 0 Å². The first-order chi connectivity index (χ1) is 8.76. The van der Waals surface area contributed by atoms with Crippen LogP contribution in [0.25, 0.3) is 0 Å². The van der Waals surface area contributed by atoms with E-state index in [0.717, 1.165) is 0 Å². The molecule has 4 nitrogen and oxygen atoms in total. The Hall–Kier alpha value is -1.11. The van der Waals surface area contributed by atoms with E-state index < -0.39 is 11.6 Å². The molecule has 1 aromatic heterocycles. The van der Waals surface area contributed by atoms with E-state index in [0.29, 0.717) is 24.7 Å². The summed E-state index contributed by atoms with van der Waals surface area (Å²) in [5.41, 5.74) is -1.90. The van der Waals surface area contributed by atoms with Gasteiger partial charge in [-0.15, -0.1) is 0 Å². The molecule has 19 heavy (non-hydrogen) atoms. The van der Waals surface area contributed by atoms with Crippen molar-refractivity contribution in [2.75, 3.05) is 13.1 Å². The molecular weight excluding hydrogens is 257 g/mol. The highest BCUT2D eigenvalue weighted by molar-refractivity contribution is 5.18. The van der Waals surface area contributed by atoms with Crippen LogP contribution < -0.4 is 5.32 Å². The highest BCUT2D eigenvalue weighted by atomic mass is 19.4. The van der Waals surface area contributed by atoms with Gasteiger partial charge in [0.15, 0.2) is 5.82 Å². The summed E-state index contributed by atoms with van der Waals surface area (Å²) >= 11 is 0. The van der Waals surface area contributed by atoms with Crippen LogP contribution in [0.1, 0.15) is 31.9 Å². The molecule has 0 saturated carbocycles. The average molecular weight is 276 g/mol. The summed E-state index contributed by atoms with van der Waals surface area (Å²) in [4.78, 5) is 4.16. The Morgan fingerprint density at radius 2 is 2.11 bits per heavy atom. The van der Waals surface area contributed by atoms with Crippen LogP contribution in [0.2, 0.25) is 0 Å². The summed E-state index contributed by atoms with van der Waals surface area (Å²) in [6.07, 6.45) is -3.70. The maximum Gasteiger partial charge on any atom is 0.402 e. The molecule has 1 aromatic rings.